The van der Waals surface area contributed by atoms with Crippen molar-refractivity contribution in [2.75, 3.05) is 19.8 Å². The molecule has 2 fully saturated rings. The Morgan fingerprint density at radius 2 is 1.58 bits per heavy atom. The molecule has 9 atom stereocenters. The largest absolute Gasteiger partial charge is 0.454 e. The Bertz CT molecular complexity index is 628. The van der Waals surface area contributed by atoms with E-state index in [1.807, 2.05) is 0 Å². The highest BCUT2D eigenvalue weighted by molar-refractivity contribution is 5.71. The number of aliphatic hydroxyl groups is 6. The van der Waals surface area contributed by atoms with Crippen LogP contribution in [0.15, 0.2) is 0 Å². The van der Waals surface area contributed by atoms with Crippen molar-refractivity contribution in [3.05, 3.63) is 0 Å². The lowest BCUT2D eigenvalue weighted by atomic mass is 9.98. The number of carbonyl (C=O) groups excluding carboxylic acids is 2. The predicted molar refractivity (Wildman–Crippen MR) is 96.9 cm³/mol. The van der Waals surface area contributed by atoms with Crippen LogP contribution in [-0.4, -0.2) is 117 Å². The summed E-state index contributed by atoms with van der Waals surface area (Å²) in [6.45, 7) is 1.61. The molecule has 13 nitrogen and oxygen atoms in total. The van der Waals surface area contributed by atoms with Crippen molar-refractivity contribution in [3.63, 3.8) is 0 Å². The Labute approximate surface area is 178 Å². The maximum atomic E-state index is 12.1. The van der Waals surface area contributed by atoms with Gasteiger partial charge in [0, 0.05) is 6.92 Å². The summed E-state index contributed by atoms with van der Waals surface area (Å²) in [4.78, 5) is 23.6. The molecule has 0 aromatic heterocycles. The van der Waals surface area contributed by atoms with E-state index in [2.05, 4.69) is 0 Å². The maximum absolute atomic E-state index is 12.1. The predicted octanol–water partition coefficient (Wildman–Crippen LogP) is -3.62. The molecule has 0 aromatic rings. The Morgan fingerprint density at radius 3 is 2.06 bits per heavy atom. The molecule has 2 heterocycles. The molecule has 2 aliphatic heterocycles. The summed E-state index contributed by atoms with van der Waals surface area (Å²) < 4.78 is 26.7. The number of ether oxygens (including phenoxy) is 5. The molecule has 13 heteroatoms. The number of rotatable bonds is 8. The van der Waals surface area contributed by atoms with Gasteiger partial charge >= 0.3 is 11.9 Å². The van der Waals surface area contributed by atoms with E-state index >= 15 is 0 Å². The van der Waals surface area contributed by atoms with Crippen molar-refractivity contribution in [2.24, 2.45) is 5.92 Å². The minimum atomic E-state index is -2.28. The molecule has 0 amide bonds. The lowest BCUT2D eigenvalue weighted by Crippen LogP contribution is -2.64. The molecule has 0 radical (unpaired) electrons. The summed E-state index contributed by atoms with van der Waals surface area (Å²) in [5.41, 5.74) is 0. The van der Waals surface area contributed by atoms with Gasteiger partial charge in [0.15, 0.2) is 12.2 Å². The first-order chi connectivity index (χ1) is 14.5. The number of esters is 2. The van der Waals surface area contributed by atoms with E-state index in [0.717, 1.165) is 6.92 Å². The lowest BCUT2D eigenvalue weighted by Gasteiger charge is -2.44. The Hall–Kier alpha value is -1.42. The van der Waals surface area contributed by atoms with Crippen molar-refractivity contribution >= 4 is 11.9 Å². The average molecular weight is 454 g/mol. The van der Waals surface area contributed by atoms with Crippen LogP contribution in [0, 0.1) is 5.92 Å². The third-order valence-corrected chi connectivity index (χ3v) is 5.03. The van der Waals surface area contributed by atoms with Gasteiger partial charge in [0.05, 0.1) is 19.1 Å². The van der Waals surface area contributed by atoms with Gasteiger partial charge in [-0.25, -0.2) is 0 Å². The van der Waals surface area contributed by atoms with Crippen LogP contribution in [0.2, 0.25) is 0 Å². The van der Waals surface area contributed by atoms with Crippen LogP contribution in [0.5, 0.6) is 0 Å². The standard InChI is InChI=1S/C18H30O13/c1-7(2)16(26)29-14-13(25)11(23)9(4-19)28-17(14)31-18(6-21)15(27-8(3)22)12(24)10(5-20)30-18/h7,9-15,17,19-21,23-25H,4-6H2,1-3H3/t9-,10-,11-,12-,13+,14-,15+,17-,18+/m1/s1. The van der Waals surface area contributed by atoms with E-state index in [0.29, 0.717) is 0 Å². The van der Waals surface area contributed by atoms with Crippen molar-refractivity contribution in [1.29, 1.82) is 0 Å². The topological polar surface area (TPSA) is 202 Å². The van der Waals surface area contributed by atoms with Gasteiger partial charge in [-0.1, -0.05) is 13.8 Å². The van der Waals surface area contributed by atoms with E-state index in [1.165, 1.54) is 13.8 Å². The minimum absolute atomic E-state index is 0.621. The van der Waals surface area contributed by atoms with Crippen LogP contribution in [-0.2, 0) is 33.3 Å². The highest BCUT2D eigenvalue weighted by atomic mass is 16.8. The molecular weight excluding hydrogens is 424 g/mol. The van der Waals surface area contributed by atoms with Crippen LogP contribution < -0.4 is 0 Å². The number of carbonyl (C=O) groups is 2. The van der Waals surface area contributed by atoms with Gasteiger partial charge in [-0.3, -0.25) is 9.59 Å². The van der Waals surface area contributed by atoms with Gasteiger partial charge in [-0.15, -0.1) is 0 Å². The van der Waals surface area contributed by atoms with Gasteiger partial charge in [-0.05, 0) is 0 Å². The molecule has 2 aliphatic rings. The Kier molecular flexibility index (Phi) is 8.72. The van der Waals surface area contributed by atoms with Crippen LogP contribution in [0.1, 0.15) is 20.8 Å². The molecule has 0 saturated carbocycles. The first-order valence-corrected chi connectivity index (χ1v) is 9.76. The number of aliphatic hydroxyl groups excluding tert-OH is 6. The average Bonchev–Trinajstić information content (AvgIpc) is 2.98. The molecule has 0 bridgehead atoms. The van der Waals surface area contributed by atoms with E-state index in [1.54, 1.807) is 0 Å². The summed E-state index contributed by atoms with van der Waals surface area (Å²) >= 11 is 0. The summed E-state index contributed by atoms with van der Waals surface area (Å²) in [6, 6.07) is 0. The zero-order chi connectivity index (χ0) is 23.5. The Morgan fingerprint density at radius 1 is 0.968 bits per heavy atom. The third kappa shape index (κ3) is 5.32. The molecule has 2 rings (SSSR count). The third-order valence-electron chi connectivity index (χ3n) is 5.03. The normalized spacial score (nSPS) is 40.7. The second-order valence-electron chi connectivity index (χ2n) is 7.71. The molecule has 0 aromatic carbocycles. The zero-order valence-electron chi connectivity index (χ0n) is 17.4. The summed E-state index contributed by atoms with van der Waals surface area (Å²) in [5, 5.41) is 59.9. The highest BCUT2D eigenvalue weighted by Crippen LogP contribution is 2.38. The summed E-state index contributed by atoms with van der Waals surface area (Å²) in [5.74, 6) is -4.53. The monoisotopic (exact) mass is 454 g/mol. The molecule has 6 N–H and O–H groups in total. The molecule has 2 saturated heterocycles. The van der Waals surface area contributed by atoms with E-state index in [-0.39, 0.29) is 0 Å². The van der Waals surface area contributed by atoms with Gasteiger partial charge in [-0.2, -0.15) is 0 Å². The minimum Gasteiger partial charge on any atom is -0.454 e. The fourth-order valence-corrected chi connectivity index (χ4v) is 3.33. The van der Waals surface area contributed by atoms with Gasteiger partial charge in [0.25, 0.3) is 0 Å². The molecular formula is C18H30O13. The molecule has 0 unspecified atom stereocenters. The summed E-state index contributed by atoms with van der Waals surface area (Å²) in [6.07, 6.45) is -12.7. The maximum Gasteiger partial charge on any atom is 0.308 e. The van der Waals surface area contributed by atoms with E-state index < -0.39 is 92.5 Å². The van der Waals surface area contributed by atoms with Gasteiger partial charge < -0.3 is 54.3 Å². The SMILES string of the molecule is CC(=O)O[C@H]1[C@H](O)[C@@H](CO)O[C@@]1(CO)O[C@H]1O[C@H](CO)[C@@H](O)[C@H](O)[C@H]1OC(=O)C(C)C. The van der Waals surface area contributed by atoms with Crippen molar-refractivity contribution in [2.45, 2.75) is 75.6 Å². The van der Waals surface area contributed by atoms with Crippen LogP contribution >= 0.6 is 0 Å². The molecule has 180 valence electrons. The highest BCUT2D eigenvalue weighted by Gasteiger charge is 2.61. The second kappa shape index (κ2) is 10.5. The molecule has 0 spiro atoms. The zero-order valence-corrected chi connectivity index (χ0v) is 17.4. The first kappa shape index (κ1) is 25.8. The van der Waals surface area contributed by atoms with Crippen molar-refractivity contribution in [3.8, 4) is 0 Å². The lowest BCUT2D eigenvalue weighted by molar-refractivity contribution is -0.384. The first-order valence-electron chi connectivity index (χ1n) is 9.76. The Balaban J connectivity index is 2.39. The van der Waals surface area contributed by atoms with Gasteiger partial charge in [0.2, 0.25) is 12.1 Å². The van der Waals surface area contributed by atoms with Crippen LogP contribution in [0.3, 0.4) is 0 Å². The van der Waals surface area contributed by atoms with E-state index in [4.69, 9.17) is 23.7 Å². The van der Waals surface area contributed by atoms with E-state index in [9.17, 15) is 40.2 Å². The fraction of sp³-hybridized carbons (Fsp3) is 0.889. The van der Waals surface area contributed by atoms with Crippen LogP contribution in [0.4, 0.5) is 0 Å². The van der Waals surface area contributed by atoms with Gasteiger partial charge in [0.1, 0.15) is 37.1 Å². The second-order valence-corrected chi connectivity index (χ2v) is 7.71. The van der Waals surface area contributed by atoms with Crippen molar-refractivity contribution < 1.29 is 63.9 Å². The summed E-state index contributed by atoms with van der Waals surface area (Å²) in [7, 11) is 0. The molecule has 31 heavy (non-hydrogen) atoms. The van der Waals surface area contributed by atoms with Crippen LogP contribution in [0.25, 0.3) is 0 Å². The quantitative estimate of drug-likeness (QED) is 0.196. The number of hydrogen-bond acceptors (Lipinski definition) is 13. The van der Waals surface area contributed by atoms with Crippen molar-refractivity contribution in [1.82, 2.24) is 0 Å². The smallest absolute Gasteiger partial charge is 0.308 e. The fourth-order valence-electron chi connectivity index (χ4n) is 3.33. The number of hydrogen-bond donors (Lipinski definition) is 6. The molecule has 0 aliphatic carbocycles.